The second-order valence-electron chi connectivity index (χ2n) is 11.2. The molecule has 7 heteroatoms. The average molecular weight is 474 g/mol. The molecule has 0 aliphatic heterocycles. The zero-order valence-corrected chi connectivity index (χ0v) is 21.3. The van der Waals surface area contributed by atoms with Gasteiger partial charge in [0.25, 0.3) is 0 Å². The number of carbonyl (C=O) groups excluding carboxylic acids is 1. The Balaban J connectivity index is 1.50. The predicted molar refractivity (Wildman–Crippen MR) is 139 cm³/mol. The molecule has 1 aliphatic rings. The van der Waals surface area contributed by atoms with Crippen LogP contribution in [0, 0.1) is 0 Å². The van der Waals surface area contributed by atoms with Crippen molar-refractivity contribution in [3.63, 3.8) is 0 Å². The molecule has 3 aromatic heterocycles. The quantitative estimate of drug-likeness (QED) is 0.346. The second-order valence-corrected chi connectivity index (χ2v) is 11.2. The molecule has 3 heterocycles. The van der Waals surface area contributed by atoms with Crippen LogP contribution in [-0.4, -0.2) is 31.0 Å². The number of hydrogen-bond donors (Lipinski definition) is 2. The maximum absolute atomic E-state index is 12.4. The van der Waals surface area contributed by atoms with Crippen LogP contribution in [0.2, 0.25) is 0 Å². The highest BCUT2D eigenvalue weighted by Gasteiger charge is 2.27. The number of alkyl carbamates (subject to hydrolysis) is 1. The molecule has 1 saturated carbocycles. The third-order valence-electron chi connectivity index (χ3n) is 6.86. The molecule has 1 amide bonds. The van der Waals surface area contributed by atoms with E-state index in [1.807, 2.05) is 47.0 Å². The summed E-state index contributed by atoms with van der Waals surface area (Å²) >= 11 is 0. The zero-order valence-electron chi connectivity index (χ0n) is 21.3. The van der Waals surface area contributed by atoms with Crippen LogP contribution in [0.5, 0.6) is 0 Å². The maximum Gasteiger partial charge on any atom is 0.408 e. The van der Waals surface area contributed by atoms with Crippen molar-refractivity contribution < 1.29 is 9.53 Å². The van der Waals surface area contributed by atoms with Crippen molar-refractivity contribution in [2.45, 2.75) is 83.8 Å². The number of aromatic amines is 1. The van der Waals surface area contributed by atoms with Gasteiger partial charge in [0.05, 0.1) is 28.5 Å². The van der Waals surface area contributed by atoms with E-state index < -0.39 is 17.2 Å². The number of hydrogen-bond acceptors (Lipinski definition) is 4. The monoisotopic (exact) mass is 473 g/mol. The molecular weight excluding hydrogens is 438 g/mol. The predicted octanol–water partition coefficient (Wildman–Crippen LogP) is 6.69. The van der Waals surface area contributed by atoms with Gasteiger partial charge in [0, 0.05) is 17.7 Å². The van der Waals surface area contributed by atoms with Gasteiger partial charge in [-0.2, -0.15) is 0 Å². The lowest BCUT2D eigenvalue weighted by Gasteiger charge is -2.29. The molecule has 184 valence electrons. The van der Waals surface area contributed by atoms with Crippen molar-refractivity contribution in [1.82, 2.24) is 24.7 Å². The normalized spacial score (nSPS) is 15.6. The topological polar surface area (TPSA) is 84.3 Å². The van der Waals surface area contributed by atoms with E-state index in [0.29, 0.717) is 5.92 Å². The fourth-order valence-corrected chi connectivity index (χ4v) is 5.11. The minimum atomic E-state index is -0.580. The molecule has 1 aliphatic carbocycles. The number of ether oxygens (including phenoxy) is 1. The van der Waals surface area contributed by atoms with E-state index in [9.17, 15) is 4.79 Å². The second kappa shape index (κ2) is 8.70. The highest BCUT2D eigenvalue weighted by molar-refractivity contribution is 5.84. The van der Waals surface area contributed by atoms with E-state index in [1.54, 1.807) is 0 Å². The van der Waals surface area contributed by atoms with E-state index in [0.717, 1.165) is 39.3 Å². The number of aromatic nitrogens is 4. The fourth-order valence-electron chi connectivity index (χ4n) is 5.11. The average Bonchev–Trinajstić information content (AvgIpc) is 3.42. The summed E-state index contributed by atoms with van der Waals surface area (Å²) in [6, 6.07) is 10.4. The SMILES string of the molecule is CC(C)(C)OC(=O)NC(C)(C)c1ccc(-c2nc(C3CCCCC3)n3c2cnc2[nH]ccc23)cc1. The van der Waals surface area contributed by atoms with Crippen molar-refractivity contribution >= 4 is 22.8 Å². The minimum Gasteiger partial charge on any atom is -0.444 e. The molecule has 2 N–H and O–H groups in total. The van der Waals surface area contributed by atoms with Gasteiger partial charge in [-0.1, -0.05) is 43.5 Å². The van der Waals surface area contributed by atoms with E-state index in [-0.39, 0.29) is 0 Å². The Morgan fingerprint density at radius 1 is 1.03 bits per heavy atom. The van der Waals surface area contributed by atoms with Gasteiger partial charge >= 0.3 is 6.09 Å². The van der Waals surface area contributed by atoms with Crippen LogP contribution in [0.3, 0.4) is 0 Å². The van der Waals surface area contributed by atoms with E-state index in [2.05, 4.69) is 50.0 Å². The lowest BCUT2D eigenvalue weighted by Crippen LogP contribution is -2.43. The van der Waals surface area contributed by atoms with Gasteiger partial charge in [0.1, 0.15) is 11.4 Å². The number of rotatable bonds is 4. The number of H-pyrrole nitrogens is 1. The van der Waals surface area contributed by atoms with E-state index in [1.165, 1.54) is 32.1 Å². The Morgan fingerprint density at radius 3 is 2.43 bits per heavy atom. The number of benzene rings is 1. The molecule has 5 rings (SSSR count). The van der Waals surface area contributed by atoms with E-state index in [4.69, 9.17) is 9.72 Å². The third kappa shape index (κ3) is 4.64. The highest BCUT2D eigenvalue weighted by atomic mass is 16.6. The van der Waals surface area contributed by atoms with Crippen molar-refractivity contribution in [3.05, 3.63) is 54.1 Å². The summed E-state index contributed by atoms with van der Waals surface area (Å²) in [7, 11) is 0. The van der Waals surface area contributed by atoms with Crippen molar-refractivity contribution in [2.75, 3.05) is 0 Å². The number of nitrogens with zero attached hydrogens (tertiary/aromatic N) is 3. The third-order valence-corrected chi connectivity index (χ3v) is 6.86. The van der Waals surface area contributed by atoms with Crippen LogP contribution in [0.4, 0.5) is 4.79 Å². The van der Waals surface area contributed by atoms with Crippen LogP contribution in [0.15, 0.2) is 42.7 Å². The molecule has 0 unspecified atom stereocenters. The summed E-state index contributed by atoms with van der Waals surface area (Å²) in [5, 5.41) is 2.99. The minimum absolute atomic E-state index is 0.426. The molecule has 1 aromatic carbocycles. The van der Waals surface area contributed by atoms with Gasteiger partial charge in [0.2, 0.25) is 0 Å². The summed E-state index contributed by atoms with van der Waals surface area (Å²) in [4.78, 5) is 25.5. The summed E-state index contributed by atoms with van der Waals surface area (Å²) in [5.41, 5.74) is 4.84. The first-order chi connectivity index (χ1) is 16.6. The Kier molecular flexibility index (Phi) is 5.82. The lowest BCUT2D eigenvalue weighted by atomic mass is 9.89. The maximum atomic E-state index is 12.4. The Hall–Kier alpha value is -3.35. The fraction of sp³-hybridized carbons (Fsp3) is 0.464. The van der Waals surface area contributed by atoms with Crippen LogP contribution >= 0.6 is 0 Å². The first-order valence-corrected chi connectivity index (χ1v) is 12.6. The largest absolute Gasteiger partial charge is 0.444 e. The zero-order chi connectivity index (χ0) is 24.8. The van der Waals surface area contributed by atoms with Gasteiger partial charge in [-0.15, -0.1) is 0 Å². The smallest absolute Gasteiger partial charge is 0.408 e. The van der Waals surface area contributed by atoms with E-state index >= 15 is 0 Å². The highest BCUT2D eigenvalue weighted by Crippen LogP contribution is 2.37. The van der Waals surface area contributed by atoms with Crippen LogP contribution < -0.4 is 5.32 Å². The molecule has 7 nitrogen and oxygen atoms in total. The van der Waals surface area contributed by atoms with Gasteiger partial charge in [-0.25, -0.2) is 14.8 Å². The molecule has 4 aromatic rings. The van der Waals surface area contributed by atoms with Crippen LogP contribution in [-0.2, 0) is 10.3 Å². The molecule has 35 heavy (non-hydrogen) atoms. The number of nitrogens with one attached hydrogen (secondary N) is 2. The molecule has 0 spiro atoms. The number of fused-ring (bicyclic) bond motifs is 3. The molecule has 0 atom stereocenters. The number of amides is 1. The van der Waals surface area contributed by atoms with Gasteiger partial charge in [-0.3, -0.25) is 4.40 Å². The van der Waals surface area contributed by atoms with Gasteiger partial charge in [-0.05, 0) is 59.1 Å². The molecule has 0 bridgehead atoms. The molecule has 1 fully saturated rings. The summed E-state index contributed by atoms with van der Waals surface area (Å²) in [6.07, 6.45) is 9.61. The lowest BCUT2D eigenvalue weighted by molar-refractivity contribution is 0.0470. The molecular formula is C28H35N5O2. The first-order valence-electron chi connectivity index (χ1n) is 12.6. The molecule has 0 saturated heterocycles. The summed E-state index contributed by atoms with van der Waals surface area (Å²) in [6.45, 7) is 9.54. The Morgan fingerprint density at radius 2 is 1.74 bits per heavy atom. The Labute approximate surface area is 206 Å². The van der Waals surface area contributed by atoms with Crippen molar-refractivity contribution in [2.24, 2.45) is 0 Å². The van der Waals surface area contributed by atoms with Crippen LogP contribution in [0.25, 0.3) is 27.9 Å². The van der Waals surface area contributed by atoms with Gasteiger partial charge < -0.3 is 15.0 Å². The van der Waals surface area contributed by atoms with Gasteiger partial charge in [0.15, 0.2) is 5.65 Å². The standard InChI is InChI=1S/C28H35N5O2/c1-27(2,3)35-26(34)32-28(4,5)20-13-11-18(12-14-20)23-22-17-30-24-21(15-16-29-24)33(22)25(31-23)19-9-7-6-8-10-19/h11-17,19,29H,6-10H2,1-5H3,(H,32,34). The number of carbonyl (C=O) groups is 1. The summed E-state index contributed by atoms with van der Waals surface area (Å²) in [5.74, 6) is 1.60. The number of imidazole rings is 1. The van der Waals surface area contributed by atoms with Crippen molar-refractivity contribution in [3.8, 4) is 11.3 Å². The molecule has 0 radical (unpaired) electrons. The first kappa shape index (κ1) is 23.4. The van der Waals surface area contributed by atoms with Crippen LogP contribution in [0.1, 0.15) is 84.0 Å². The summed E-state index contributed by atoms with van der Waals surface area (Å²) < 4.78 is 7.75. The Bertz CT molecular complexity index is 1350. The van der Waals surface area contributed by atoms with Crippen molar-refractivity contribution in [1.29, 1.82) is 0 Å².